The van der Waals surface area contributed by atoms with Crippen LogP contribution in [0.1, 0.15) is 37.0 Å². The molecule has 0 unspecified atom stereocenters. The van der Waals surface area contributed by atoms with E-state index in [1.807, 2.05) is 18.2 Å². The maximum Gasteiger partial charge on any atom is 0.134 e. The van der Waals surface area contributed by atoms with Crippen LogP contribution in [0.5, 0.6) is 5.75 Å². The maximum absolute atomic E-state index is 9.55. The third-order valence-electron chi connectivity index (χ3n) is 2.35. The van der Waals surface area contributed by atoms with E-state index >= 15 is 0 Å². The number of phenolic OH excluding ortho intramolecular Hbond substituents is 1. The summed E-state index contributed by atoms with van der Waals surface area (Å²) in [6.45, 7) is 4.17. The van der Waals surface area contributed by atoms with E-state index in [2.05, 4.69) is 13.8 Å². The number of hydrogen-bond acceptors (Lipinski definition) is 3. The minimum absolute atomic E-state index is 0.0873. The zero-order chi connectivity index (χ0) is 12.8. The van der Waals surface area contributed by atoms with Gasteiger partial charge in [-0.25, -0.2) is 0 Å². The van der Waals surface area contributed by atoms with Crippen molar-refractivity contribution < 1.29 is 5.11 Å². The molecule has 1 rings (SSSR count). The molecule has 0 aliphatic heterocycles. The van der Waals surface area contributed by atoms with Gasteiger partial charge in [-0.05, 0) is 24.5 Å². The van der Waals surface area contributed by atoms with Gasteiger partial charge >= 0.3 is 0 Å². The molecule has 0 aromatic heterocycles. The van der Waals surface area contributed by atoms with Crippen molar-refractivity contribution in [2.75, 3.05) is 0 Å². The maximum atomic E-state index is 9.55. The van der Waals surface area contributed by atoms with Crippen LogP contribution in [0.25, 0.3) is 6.08 Å². The molecule has 0 heterocycles. The summed E-state index contributed by atoms with van der Waals surface area (Å²) < 4.78 is 0. The van der Waals surface area contributed by atoms with E-state index in [0.717, 1.165) is 6.42 Å². The Hall–Kier alpha value is -2.26. The second-order valence-corrected chi connectivity index (χ2v) is 4.18. The van der Waals surface area contributed by atoms with Gasteiger partial charge in [0.05, 0.1) is 11.6 Å². The van der Waals surface area contributed by atoms with Crippen LogP contribution >= 0.6 is 0 Å². The first-order valence-electron chi connectivity index (χ1n) is 5.42. The predicted octanol–water partition coefficient (Wildman–Crippen LogP) is 3.19. The summed E-state index contributed by atoms with van der Waals surface area (Å²) in [5.41, 5.74) is 1.05. The van der Waals surface area contributed by atoms with E-state index in [9.17, 15) is 5.11 Å². The molecule has 0 spiro atoms. The predicted molar refractivity (Wildman–Crippen MR) is 66.0 cm³/mol. The second-order valence-electron chi connectivity index (χ2n) is 4.18. The molecule has 0 saturated carbocycles. The van der Waals surface area contributed by atoms with Gasteiger partial charge in [0.15, 0.2) is 0 Å². The first-order valence-corrected chi connectivity index (χ1v) is 5.42. The highest BCUT2D eigenvalue weighted by Crippen LogP contribution is 2.25. The molecule has 1 aromatic carbocycles. The summed E-state index contributed by atoms with van der Waals surface area (Å²) in [5, 5.41) is 27.5. The summed E-state index contributed by atoms with van der Waals surface area (Å²) in [7, 11) is 0. The molecule has 1 aromatic rings. The number of benzene rings is 1. The highest BCUT2D eigenvalue weighted by molar-refractivity contribution is 5.68. The monoisotopic (exact) mass is 226 g/mol. The number of nitriles is 2. The average Bonchev–Trinajstić information content (AvgIpc) is 2.29. The number of allylic oxidation sites excluding steroid dienone is 1. The molecule has 86 valence electrons. The van der Waals surface area contributed by atoms with E-state index in [-0.39, 0.29) is 11.3 Å². The van der Waals surface area contributed by atoms with Gasteiger partial charge in [0.1, 0.15) is 17.4 Å². The largest absolute Gasteiger partial charge is 0.507 e. The van der Waals surface area contributed by atoms with E-state index < -0.39 is 0 Å². The van der Waals surface area contributed by atoms with Gasteiger partial charge in [0.2, 0.25) is 0 Å². The number of nitrogens with zero attached hydrogens (tertiary/aromatic N) is 2. The summed E-state index contributed by atoms with van der Waals surface area (Å²) in [5.74, 6) is 0.426. The number of phenols is 1. The summed E-state index contributed by atoms with van der Waals surface area (Å²) in [6.07, 6.45) is 4.52. The highest BCUT2D eigenvalue weighted by Gasteiger charge is 2.10. The molecular formula is C14H14N2O. The molecule has 0 atom stereocenters. The molecule has 0 aliphatic carbocycles. The Balaban J connectivity index is 3.21. The molecule has 0 aliphatic rings. The molecule has 3 heteroatoms. The lowest BCUT2D eigenvalue weighted by molar-refractivity contribution is 0.473. The summed E-state index contributed by atoms with van der Waals surface area (Å²) >= 11 is 0. The van der Waals surface area contributed by atoms with Crippen molar-refractivity contribution in [3.63, 3.8) is 0 Å². The standard InChI is InChI=1S/C14H14N2O/c1-10(2)4-3-5-12-11(8-15)6-7-14(17)13(12)9-16/h3,5-7,10,17H,4H2,1-2H3. The van der Waals surface area contributed by atoms with Gasteiger partial charge in [0, 0.05) is 5.56 Å². The Morgan fingerprint density at radius 1 is 1.29 bits per heavy atom. The minimum atomic E-state index is -0.0873. The van der Waals surface area contributed by atoms with Crippen LogP contribution in [0.15, 0.2) is 18.2 Å². The fraction of sp³-hybridized carbons (Fsp3) is 0.286. The molecule has 0 saturated heterocycles. The lowest BCUT2D eigenvalue weighted by Crippen LogP contribution is -1.90. The molecular weight excluding hydrogens is 212 g/mol. The fourth-order valence-corrected chi connectivity index (χ4v) is 1.45. The van der Waals surface area contributed by atoms with Crippen LogP contribution in [-0.2, 0) is 0 Å². The van der Waals surface area contributed by atoms with Crippen molar-refractivity contribution in [2.45, 2.75) is 20.3 Å². The van der Waals surface area contributed by atoms with Crippen LogP contribution in [0.4, 0.5) is 0 Å². The van der Waals surface area contributed by atoms with Crippen LogP contribution in [-0.4, -0.2) is 5.11 Å². The van der Waals surface area contributed by atoms with Gasteiger partial charge in [0.25, 0.3) is 0 Å². The first kappa shape index (κ1) is 12.8. The first-order chi connectivity index (χ1) is 8.10. The molecule has 3 nitrogen and oxygen atoms in total. The van der Waals surface area contributed by atoms with Crippen LogP contribution in [0, 0.1) is 28.6 Å². The molecule has 0 amide bonds. The zero-order valence-electron chi connectivity index (χ0n) is 9.94. The third-order valence-corrected chi connectivity index (χ3v) is 2.35. The lowest BCUT2D eigenvalue weighted by atomic mass is 10.00. The molecule has 0 fully saturated rings. The van der Waals surface area contributed by atoms with E-state index in [4.69, 9.17) is 10.5 Å². The Morgan fingerprint density at radius 3 is 2.53 bits per heavy atom. The number of aromatic hydroxyl groups is 1. The highest BCUT2D eigenvalue weighted by atomic mass is 16.3. The quantitative estimate of drug-likeness (QED) is 0.860. The van der Waals surface area contributed by atoms with E-state index in [0.29, 0.717) is 17.0 Å². The Bertz CT molecular complexity index is 516. The second kappa shape index (κ2) is 5.72. The Labute approximate surface area is 101 Å². The normalized spacial score (nSPS) is 10.4. The van der Waals surface area contributed by atoms with Crippen molar-refractivity contribution in [3.05, 3.63) is 34.9 Å². The fourth-order valence-electron chi connectivity index (χ4n) is 1.45. The smallest absolute Gasteiger partial charge is 0.134 e. The topological polar surface area (TPSA) is 67.8 Å². The molecule has 1 N–H and O–H groups in total. The van der Waals surface area contributed by atoms with Crippen LogP contribution in [0.3, 0.4) is 0 Å². The third kappa shape index (κ3) is 3.09. The molecule has 0 bridgehead atoms. The SMILES string of the molecule is CC(C)CC=Cc1c(C#N)ccc(O)c1C#N. The van der Waals surface area contributed by atoms with Gasteiger partial charge in [-0.1, -0.05) is 26.0 Å². The van der Waals surface area contributed by atoms with Gasteiger partial charge in [-0.3, -0.25) is 0 Å². The van der Waals surface area contributed by atoms with Gasteiger partial charge in [-0.2, -0.15) is 10.5 Å². The van der Waals surface area contributed by atoms with Crippen molar-refractivity contribution in [1.29, 1.82) is 10.5 Å². The molecule has 0 radical (unpaired) electrons. The van der Waals surface area contributed by atoms with Crippen molar-refractivity contribution in [1.82, 2.24) is 0 Å². The Kier molecular flexibility index (Phi) is 4.31. The summed E-state index contributed by atoms with van der Waals surface area (Å²) in [4.78, 5) is 0. The minimum Gasteiger partial charge on any atom is -0.507 e. The average molecular weight is 226 g/mol. The van der Waals surface area contributed by atoms with Crippen LogP contribution in [0.2, 0.25) is 0 Å². The number of rotatable bonds is 3. The summed E-state index contributed by atoms with van der Waals surface area (Å²) in [6, 6.07) is 6.84. The van der Waals surface area contributed by atoms with Gasteiger partial charge < -0.3 is 5.11 Å². The van der Waals surface area contributed by atoms with Crippen molar-refractivity contribution in [2.24, 2.45) is 5.92 Å². The van der Waals surface area contributed by atoms with Crippen molar-refractivity contribution >= 4 is 6.08 Å². The van der Waals surface area contributed by atoms with E-state index in [1.165, 1.54) is 12.1 Å². The molecule has 17 heavy (non-hydrogen) atoms. The lowest BCUT2D eigenvalue weighted by Gasteiger charge is -2.04. The van der Waals surface area contributed by atoms with Crippen LogP contribution < -0.4 is 0 Å². The Morgan fingerprint density at radius 2 is 2.00 bits per heavy atom. The van der Waals surface area contributed by atoms with Crippen molar-refractivity contribution in [3.8, 4) is 17.9 Å². The van der Waals surface area contributed by atoms with E-state index in [1.54, 1.807) is 6.08 Å². The zero-order valence-corrected chi connectivity index (χ0v) is 9.94. The number of hydrogen-bond donors (Lipinski definition) is 1. The van der Waals surface area contributed by atoms with Gasteiger partial charge in [-0.15, -0.1) is 0 Å².